The van der Waals surface area contributed by atoms with Crippen LogP contribution in [0.4, 0.5) is 0 Å². The summed E-state index contributed by atoms with van der Waals surface area (Å²) in [6.45, 7) is 1.09. The molecule has 1 aromatic rings. The minimum atomic E-state index is -0.566. The van der Waals surface area contributed by atoms with Crippen molar-refractivity contribution < 1.29 is 14.2 Å². The van der Waals surface area contributed by atoms with Crippen LogP contribution in [0.3, 0.4) is 0 Å². The standard InChI is InChI=1S/C14H19NO3/c1-16-11-4-5-13-10(7-11)3-2-6-14(13)17-9-12(8-15)18-14/h4-5,7,12H,2-3,6,8-9,15H2,1H3. The van der Waals surface area contributed by atoms with Crippen LogP contribution in [0.2, 0.25) is 0 Å². The molecule has 1 aliphatic heterocycles. The molecule has 0 saturated carbocycles. The van der Waals surface area contributed by atoms with Gasteiger partial charge in [-0.05, 0) is 36.6 Å². The van der Waals surface area contributed by atoms with Gasteiger partial charge in [-0.25, -0.2) is 0 Å². The van der Waals surface area contributed by atoms with E-state index in [1.807, 2.05) is 6.07 Å². The van der Waals surface area contributed by atoms with Gasteiger partial charge in [0.25, 0.3) is 0 Å². The Morgan fingerprint density at radius 1 is 1.50 bits per heavy atom. The zero-order valence-electron chi connectivity index (χ0n) is 10.6. The van der Waals surface area contributed by atoms with Gasteiger partial charge in [0, 0.05) is 18.5 Å². The molecule has 2 unspecified atom stereocenters. The maximum atomic E-state index is 6.05. The van der Waals surface area contributed by atoms with Crippen LogP contribution in [0, 0.1) is 0 Å². The van der Waals surface area contributed by atoms with Gasteiger partial charge in [-0.15, -0.1) is 0 Å². The molecule has 1 fully saturated rings. The zero-order chi connectivity index (χ0) is 12.6. The third-order valence-corrected chi connectivity index (χ3v) is 3.80. The van der Waals surface area contributed by atoms with Crippen molar-refractivity contribution in [1.82, 2.24) is 0 Å². The second kappa shape index (κ2) is 4.53. The number of methoxy groups -OCH3 is 1. The van der Waals surface area contributed by atoms with Gasteiger partial charge in [-0.3, -0.25) is 0 Å². The van der Waals surface area contributed by atoms with Crippen LogP contribution in [-0.2, 0) is 21.7 Å². The highest BCUT2D eigenvalue weighted by molar-refractivity contribution is 5.40. The summed E-state index contributed by atoms with van der Waals surface area (Å²) in [5.74, 6) is 0.323. The van der Waals surface area contributed by atoms with Crippen LogP contribution >= 0.6 is 0 Å². The fraction of sp³-hybridized carbons (Fsp3) is 0.571. The van der Waals surface area contributed by atoms with Crippen molar-refractivity contribution in [3.63, 3.8) is 0 Å². The van der Waals surface area contributed by atoms with E-state index in [4.69, 9.17) is 19.9 Å². The molecule has 0 amide bonds. The monoisotopic (exact) mass is 249 g/mol. The number of hydrogen-bond donors (Lipinski definition) is 1. The fourth-order valence-electron chi connectivity index (χ4n) is 2.88. The number of aryl methyl sites for hydroxylation is 1. The van der Waals surface area contributed by atoms with Gasteiger partial charge >= 0.3 is 0 Å². The summed E-state index contributed by atoms with van der Waals surface area (Å²) < 4.78 is 17.3. The quantitative estimate of drug-likeness (QED) is 0.864. The van der Waals surface area contributed by atoms with Crippen molar-refractivity contribution in [3.05, 3.63) is 29.3 Å². The van der Waals surface area contributed by atoms with E-state index in [0.29, 0.717) is 13.2 Å². The van der Waals surface area contributed by atoms with Crippen molar-refractivity contribution in [1.29, 1.82) is 0 Å². The number of rotatable bonds is 2. The first-order chi connectivity index (χ1) is 8.77. The number of nitrogens with two attached hydrogens (primary N) is 1. The molecular formula is C14H19NO3. The normalized spacial score (nSPS) is 30.4. The third kappa shape index (κ3) is 1.81. The van der Waals surface area contributed by atoms with Crippen LogP contribution in [0.5, 0.6) is 5.75 Å². The lowest BCUT2D eigenvalue weighted by Gasteiger charge is -2.34. The highest BCUT2D eigenvalue weighted by Crippen LogP contribution is 2.44. The lowest BCUT2D eigenvalue weighted by atomic mass is 9.86. The van der Waals surface area contributed by atoms with Crippen LogP contribution in [0.1, 0.15) is 24.0 Å². The molecule has 1 aliphatic carbocycles. The van der Waals surface area contributed by atoms with Crippen LogP contribution in [0.25, 0.3) is 0 Å². The van der Waals surface area contributed by atoms with E-state index in [0.717, 1.165) is 30.6 Å². The van der Waals surface area contributed by atoms with E-state index in [1.165, 1.54) is 5.56 Å². The second-order valence-corrected chi connectivity index (χ2v) is 4.92. The molecule has 2 atom stereocenters. The SMILES string of the molecule is COc1ccc2c(c1)CCCC21OCC(CN)O1. The van der Waals surface area contributed by atoms with Gasteiger partial charge in [-0.2, -0.15) is 0 Å². The lowest BCUT2D eigenvalue weighted by molar-refractivity contribution is -0.185. The Labute approximate surface area is 107 Å². The lowest BCUT2D eigenvalue weighted by Crippen LogP contribution is -2.33. The molecule has 2 aliphatic rings. The maximum Gasteiger partial charge on any atom is 0.195 e. The van der Waals surface area contributed by atoms with E-state index in [-0.39, 0.29) is 6.10 Å². The Bertz CT molecular complexity index is 449. The number of ether oxygens (including phenoxy) is 3. The Balaban J connectivity index is 1.97. The Morgan fingerprint density at radius 3 is 3.11 bits per heavy atom. The predicted molar refractivity (Wildman–Crippen MR) is 67.5 cm³/mol. The van der Waals surface area contributed by atoms with Gasteiger partial charge in [-0.1, -0.05) is 0 Å². The predicted octanol–water partition coefficient (Wildman–Crippen LogP) is 1.56. The van der Waals surface area contributed by atoms with Gasteiger partial charge in [0.15, 0.2) is 5.79 Å². The molecule has 1 saturated heterocycles. The summed E-state index contributed by atoms with van der Waals surface area (Å²) in [5.41, 5.74) is 8.07. The minimum absolute atomic E-state index is 0.0121. The van der Waals surface area contributed by atoms with Crippen LogP contribution in [-0.4, -0.2) is 26.4 Å². The molecular weight excluding hydrogens is 230 g/mol. The molecule has 4 heteroatoms. The molecule has 4 nitrogen and oxygen atoms in total. The molecule has 0 radical (unpaired) electrons. The van der Waals surface area contributed by atoms with E-state index >= 15 is 0 Å². The highest BCUT2D eigenvalue weighted by Gasteiger charge is 2.45. The first-order valence-corrected chi connectivity index (χ1v) is 6.46. The van der Waals surface area contributed by atoms with Gasteiger partial charge in [0.2, 0.25) is 0 Å². The third-order valence-electron chi connectivity index (χ3n) is 3.80. The average Bonchev–Trinajstić information content (AvgIpc) is 2.83. The molecule has 0 aromatic heterocycles. The molecule has 0 bridgehead atoms. The van der Waals surface area contributed by atoms with E-state index in [1.54, 1.807) is 7.11 Å². The summed E-state index contributed by atoms with van der Waals surface area (Å²) in [6.07, 6.45) is 3.03. The van der Waals surface area contributed by atoms with E-state index < -0.39 is 5.79 Å². The summed E-state index contributed by atoms with van der Waals surface area (Å²) in [5, 5.41) is 0. The zero-order valence-corrected chi connectivity index (χ0v) is 10.6. The Kier molecular flexibility index (Phi) is 3.01. The summed E-state index contributed by atoms with van der Waals surface area (Å²) in [7, 11) is 1.69. The molecule has 18 heavy (non-hydrogen) atoms. The Morgan fingerprint density at radius 2 is 2.39 bits per heavy atom. The average molecular weight is 249 g/mol. The molecule has 1 spiro atoms. The Hall–Kier alpha value is -1.10. The molecule has 1 heterocycles. The first kappa shape index (κ1) is 12.0. The van der Waals surface area contributed by atoms with Crippen molar-refractivity contribution in [2.45, 2.75) is 31.2 Å². The molecule has 98 valence electrons. The smallest absolute Gasteiger partial charge is 0.195 e. The number of fused-ring (bicyclic) bond motifs is 2. The van der Waals surface area contributed by atoms with Crippen LogP contribution in [0.15, 0.2) is 18.2 Å². The first-order valence-electron chi connectivity index (χ1n) is 6.46. The largest absolute Gasteiger partial charge is 0.497 e. The summed E-state index contributed by atoms with van der Waals surface area (Å²) in [6, 6.07) is 6.11. The van der Waals surface area contributed by atoms with E-state index in [9.17, 15) is 0 Å². The maximum absolute atomic E-state index is 6.05. The number of hydrogen-bond acceptors (Lipinski definition) is 4. The molecule has 1 aromatic carbocycles. The fourth-order valence-corrected chi connectivity index (χ4v) is 2.88. The van der Waals surface area contributed by atoms with Crippen molar-refractivity contribution in [2.24, 2.45) is 5.73 Å². The van der Waals surface area contributed by atoms with Crippen molar-refractivity contribution in [3.8, 4) is 5.75 Å². The van der Waals surface area contributed by atoms with Crippen molar-refractivity contribution >= 4 is 0 Å². The minimum Gasteiger partial charge on any atom is -0.497 e. The summed E-state index contributed by atoms with van der Waals surface area (Å²) in [4.78, 5) is 0. The second-order valence-electron chi connectivity index (χ2n) is 4.92. The summed E-state index contributed by atoms with van der Waals surface area (Å²) >= 11 is 0. The van der Waals surface area contributed by atoms with Crippen LogP contribution < -0.4 is 10.5 Å². The van der Waals surface area contributed by atoms with Crippen molar-refractivity contribution in [2.75, 3.05) is 20.3 Å². The number of benzene rings is 1. The van der Waals surface area contributed by atoms with E-state index in [2.05, 4.69) is 12.1 Å². The van der Waals surface area contributed by atoms with Gasteiger partial charge in [0.1, 0.15) is 5.75 Å². The topological polar surface area (TPSA) is 53.7 Å². The highest BCUT2D eigenvalue weighted by atomic mass is 16.7. The van der Waals surface area contributed by atoms with Gasteiger partial charge in [0.05, 0.1) is 19.8 Å². The molecule has 2 N–H and O–H groups in total. The van der Waals surface area contributed by atoms with Gasteiger partial charge < -0.3 is 19.9 Å². The molecule has 3 rings (SSSR count).